The third-order valence-electron chi connectivity index (χ3n) is 3.99. The predicted octanol–water partition coefficient (Wildman–Crippen LogP) is -1.53. The van der Waals surface area contributed by atoms with Crippen molar-refractivity contribution in [3.8, 4) is 0 Å². The van der Waals surface area contributed by atoms with E-state index in [-0.39, 0.29) is 0 Å². The molecule has 0 spiro atoms. The lowest BCUT2D eigenvalue weighted by molar-refractivity contribution is -0.108. The van der Waals surface area contributed by atoms with E-state index in [0.29, 0.717) is 13.0 Å². The molecule has 8 nitrogen and oxygen atoms in total. The van der Waals surface area contributed by atoms with E-state index < -0.39 is 42.9 Å². The van der Waals surface area contributed by atoms with E-state index in [9.17, 15) is 15.0 Å². The van der Waals surface area contributed by atoms with Crippen LogP contribution in [0.2, 0.25) is 0 Å². The summed E-state index contributed by atoms with van der Waals surface area (Å²) in [5.74, 6) is 0. The summed E-state index contributed by atoms with van der Waals surface area (Å²) >= 11 is 0. The van der Waals surface area contributed by atoms with E-state index in [1.54, 1.807) is 6.20 Å². The van der Waals surface area contributed by atoms with Crippen molar-refractivity contribution in [2.24, 2.45) is 0 Å². The van der Waals surface area contributed by atoms with E-state index in [0.717, 1.165) is 5.57 Å². The van der Waals surface area contributed by atoms with Gasteiger partial charge in [-0.1, -0.05) is 0 Å². The van der Waals surface area contributed by atoms with Crippen LogP contribution in [0.15, 0.2) is 11.8 Å². The minimum absolute atomic E-state index is 0.427. The minimum Gasteiger partial charge on any atom is -0.394 e. The number of nitrogens with one attached hydrogen (secondary N) is 1. The first-order valence-corrected chi connectivity index (χ1v) is 6.53. The summed E-state index contributed by atoms with van der Waals surface area (Å²) in [6.07, 6.45) is -1.43. The zero-order valence-electron chi connectivity index (χ0n) is 11.0. The monoisotopic (exact) mass is 286 g/mol. The molecule has 112 valence electrons. The van der Waals surface area contributed by atoms with E-state index in [1.165, 1.54) is 11.8 Å². The third-order valence-corrected chi connectivity index (χ3v) is 3.99. The van der Waals surface area contributed by atoms with Gasteiger partial charge in [0.1, 0.15) is 17.8 Å². The van der Waals surface area contributed by atoms with Crippen LogP contribution in [0.25, 0.3) is 0 Å². The van der Waals surface area contributed by atoms with E-state index in [1.807, 2.05) is 0 Å². The molecule has 2 amide bonds. The number of amides is 2. The molecular formula is C12H18N2O6. The SMILES string of the molecule is C[C@@]1(O)C(O)C(CO)OC1N1C=C2CCOC2NC1=O. The number of carbonyl (C=O) groups is 1. The summed E-state index contributed by atoms with van der Waals surface area (Å²) in [7, 11) is 0. The number of ether oxygens (including phenoxy) is 2. The molecule has 3 aliphatic rings. The molecule has 0 radical (unpaired) electrons. The minimum atomic E-state index is -1.67. The summed E-state index contributed by atoms with van der Waals surface area (Å²) in [4.78, 5) is 13.3. The zero-order valence-corrected chi connectivity index (χ0v) is 11.0. The van der Waals surface area contributed by atoms with Crippen LogP contribution in [0.5, 0.6) is 0 Å². The van der Waals surface area contributed by atoms with E-state index >= 15 is 0 Å². The van der Waals surface area contributed by atoms with Crippen LogP contribution in [0.4, 0.5) is 4.79 Å². The first-order chi connectivity index (χ1) is 9.45. The summed E-state index contributed by atoms with van der Waals surface area (Å²) in [5, 5.41) is 32.1. The summed E-state index contributed by atoms with van der Waals surface area (Å²) in [6, 6.07) is -0.475. The van der Waals surface area contributed by atoms with Crippen LogP contribution >= 0.6 is 0 Å². The van der Waals surface area contributed by atoms with Gasteiger partial charge in [0.25, 0.3) is 0 Å². The Labute approximate surface area is 115 Å². The highest BCUT2D eigenvalue weighted by molar-refractivity contribution is 5.78. The summed E-state index contributed by atoms with van der Waals surface area (Å²) in [5.41, 5.74) is -0.792. The van der Waals surface area contributed by atoms with Crippen molar-refractivity contribution in [2.45, 2.75) is 43.6 Å². The number of urea groups is 1. The lowest BCUT2D eigenvalue weighted by atomic mass is 9.96. The number of carbonyl (C=O) groups excluding carboxylic acids is 1. The average Bonchev–Trinajstić information content (AvgIpc) is 2.93. The first kappa shape index (κ1) is 13.8. The van der Waals surface area contributed by atoms with Crippen molar-refractivity contribution in [2.75, 3.05) is 13.2 Å². The Kier molecular flexibility index (Phi) is 3.22. The summed E-state index contributed by atoms with van der Waals surface area (Å²) in [6.45, 7) is 1.46. The van der Waals surface area contributed by atoms with Gasteiger partial charge in [0, 0.05) is 6.20 Å². The van der Waals surface area contributed by atoms with Crippen LogP contribution in [0.3, 0.4) is 0 Å². The lowest BCUT2D eigenvalue weighted by Gasteiger charge is -2.37. The van der Waals surface area contributed by atoms with Crippen LogP contribution in [-0.2, 0) is 9.47 Å². The van der Waals surface area contributed by atoms with Crippen molar-refractivity contribution in [3.63, 3.8) is 0 Å². The largest absolute Gasteiger partial charge is 0.394 e. The van der Waals surface area contributed by atoms with Gasteiger partial charge >= 0.3 is 6.03 Å². The van der Waals surface area contributed by atoms with Crippen molar-refractivity contribution in [3.05, 3.63) is 11.8 Å². The van der Waals surface area contributed by atoms with Gasteiger partial charge in [-0.05, 0) is 18.9 Å². The molecule has 3 rings (SSSR count). The van der Waals surface area contributed by atoms with E-state index in [2.05, 4.69) is 5.32 Å². The second-order valence-corrected chi connectivity index (χ2v) is 5.44. The fourth-order valence-electron chi connectivity index (χ4n) is 2.79. The van der Waals surface area contributed by atoms with Gasteiger partial charge in [-0.3, -0.25) is 4.90 Å². The molecule has 4 unspecified atom stereocenters. The third kappa shape index (κ3) is 1.92. The molecule has 0 aromatic heterocycles. The van der Waals surface area contributed by atoms with Gasteiger partial charge in [0.15, 0.2) is 12.5 Å². The van der Waals surface area contributed by atoms with E-state index in [4.69, 9.17) is 14.6 Å². The number of nitrogens with zero attached hydrogens (tertiary/aromatic N) is 1. The summed E-state index contributed by atoms with van der Waals surface area (Å²) < 4.78 is 10.8. The van der Waals surface area contributed by atoms with Gasteiger partial charge in [0.05, 0.1) is 13.2 Å². The standard InChI is InChI=1S/C12H18N2O6/c1-12(18)8(16)7(5-15)20-10(12)14-4-6-2-3-19-9(6)13-11(14)17/h4,7-10,15-16,18H,2-3,5H2,1H3,(H,13,17)/t7?,8?,9?,10?,12-/m1/s1. The normalized spacial score (nSPS) is 44.3. The number of hydrogen-bond donors (Lipinski definition) is 4. The Hall–Kier alpha value is -1.19. The molecule has 2 saturated heterocycles. The molecule has 2 fully saturated rings. The lowest BCUT2D eigenvalue weighted by Crippen LogP contribution is -2.58. The molecule has 3 heterocycles. The number of hydrogen-bond acceptors (Lipinski definition) is 6. The molecule has 0 bridgehead atoms. The van der Waals surface area contributed by atoms with Gasteiger partial charge in [-0.15, -0.1) is 0 Å². The van der Waals surface area contributed by atoms with Gasteiger partial charge in [-0.25, -0.2) is 4.79 Å². The fourth-order valence-corrected chi connectivity index (χ4v) is 2.79. The Bertz CT molecular complexity index is 451. The van der Waals surface area contributed by atoms with Gasteiger partial charge in [-0.2, -0.15) is 0 Å². The topological polar surface area (TPSA) is 111 Å². The molecule has 5 atom stereocenters. The van der Waals surface area contributed by atoms with Crippen LogP contribution in [-0.4, -0.2) is 69.7 Å². The molecular weight excluding hydrogens is 268 g/mol. The molecule has 8 heteroatoms. The van der Waals surface area contributed by atoms with Crippen LogP contribution < -0.4 is 5.32 Å². The van der Waals surface area contributed by atoms with Gasteiger partial charge < -0.3 is 30.1 Å². The smallest absolute Gasteiger partial charge is 0.325 e. The van der Waals surface area contributed by atoms with Gasteiger partial charge in [0.2, 0.25) is 0 Å². The highest BCUT2D eigenvalue weighted by atomic mass is 16.6. The highest BCUT2D eigenvalue weighted by Gasteiger charge is 2.55. The molecule has 0 aromatic rings. The molecule has 0 aliphatic carbocycles. The molecule has 0 saturated carbocycles. The zero-order chi connectivity index (χ0) is 14.5. The number of aliphatic hydroxyl groups excluding tert-OH is 2. The Morgan fingerprint density at radius 1 is 1.60 bits per heavy atom. The van der Waals surface area contributed by atoms with Crippen LogP contribution in [0.1, 0.15) is 13.3 Å². The Morgan fingerprint density at radius 3 is 3.00 bits per heavy atom. The highest BCUT2D eigenvalue weighted by Crippen LogP contribution is 2.35. The maximum absolute atomic E-state index is 12.1. The number of fused-ring (bicyclic) bond motifs is 1. The second-order valence-electron chi connectivity index (χ2n) is 5.44. The van der Waals surface area contributed by atoms with Crippen molar-refractivity contribution in [1.82, 2.24) is 10.2 Å². The average molecular weight is 286 g/mol. The Morgan fingerprint density at radius 2 is 2.35 bits per heavy atom. The van der Waals surface area contributed by atoms with Crippen LogP contribution in [0, 0.1) is 0 Å². The second kappa shape index (κ2) is 4.68. The molecule has 4 N–H and O–H groups in total. The number of rotatable bonds is 2. The quantitative estimate of drug-likeness (QED) is 0.490. The molecule has 20 heavy (non-hydrogen) atoms. The maximum atomic E-state index is 12.1. The molecule has 0 aromatic carbocycles. The molecule has 3 aliphatic heterocycles. The predicted molar refractivity (Wildman–Crippen MR) is 65.2 cm³/mol. The maximum Gasteiger partial charge on any atom is 0.325 e. The Balaban J connectivity index is 1.88. The number of aliphatic hydroxyl groups is 3. The van der Waals surface area contributed by atoms with Crippen molar-refractivity contribution < 1.29 is 29.6 Å². The fraction of sp³-hybridized carbons (Fsp3) is 0.750. The first-order valence-electron chi connectivity index (χ1n) is 6.53. The van der Waals surface area contributed by atoms with Crippen molar-refractivity contribution >= 4 is 6.03 Å². The van der Waals surface area contributed by atoms with Crippen molar-refractivity contribution in [1.29, 1.82) is 0 Å².